The number of rotatable bonds is 4. The smallest absolute Gasteiger partial charge is 0.238 e. The van der Waals surface area contributed by atoms with Gasteiger partial charge in [-0.1, -0.05) is 18.2 Å². The minimum Gasteiger partial charge on any atom is -0.344 e. The molecule has 0 bridgehead atoms. The molecule has 0 spiro atoms. The van der Waals surface area contributed by atoms with E-state index in [9.17, 15) is 8.42 Å². The van der Waals surface area contributed by atoms with Crippen molar-refractivity contribution in [3.05, 3.63) is 43.7 Å². The van der Waals surface area contributed by atoms with Gasteiger partial charge in [0.2, 0.25) is 10.0 Å². The number of hydrogen-bond donors (Lipinski definition) is 1. The normalized spacial score (nSPS) is 12.9. The molecule has 0 fully saturated rings. The molecule has 5 heteroatoms. The third kappa shape index (κ3) is 4.24. The number of hydrogen-bond acceptors (Lipinski definition) is 2. The van der Waals surface area contributed by atoms with Crippen molar-refractivity contribution in [3.8, 4) is 0 Å². The topological polar surface area (TPSA) is 46.2 Å². The fourth-order valence-electron chi connectivity index (χ4n) is 1.20. The van der Waals surface area contributed by atoms with Crippen LogP contribution in [-0.4, -0.2) is 14.5 Å². The van der Waals surface area contributed by atoms with E-state index in [1.165, 1.54) is 0 Å². The molecule has 0 aromatic heterocycles. The maximum absolute atomic E-state index is 11.8. The van der Waals surface area contributed by atoms with Crippen LogP contribution in [0, 0.1) is 20.8 Å². The van der Waals surface area contributed by atoms with Crippen molar-refractivity contribution in [1.82, 2.24) is 4.72 Å². The van der Waals surface area contributed by atoms with Gasteiger partial charge < -0.3 is 13.8 Å². The number of aryl methyl sites for hydroxylation is 1. The van der Waals surface area contributed by atoms with E-state index in [1.807, 2.05) is 0 Å². The Kier molecular flexibility index (Phi) is 6.95. The molecule has 0 aliphatic heterocycles. The van der Waals surface area contributed by atoms with Crippen molar-refractivity contribution < 1.29 is 41.1 Å². The first kappa shape index (κ1) is 16.2. The fraction of sp³-hybridized carbons (Fsp3) is 0.273. The van der Waals surface area contributed by atoms with Crippen LogP contribution in [0.4, 0.5) is 0 Å². The molecule has 0 saturated heterocycles. The molecule has 1 unspecified atom stereocenters. The van der Waals surface area contributed by atoms with Gasteiger partial charge in [0.1, 0.15) is 0 Å². The van der Waals surface area contributed by atoms with Crippen LogP contribution >= 0.6 is 0 Å². The SMILES string of the molecule is [CH2-]CC([CH2-])NS(=O)(=O)c1ccccc1C.[Y]. The van der Waals surface area contributed by atoms with E-state index in [0.29, 0.717) is 11.3 Å². The summed E-state index contributed by atoms with van der Waals surface area (Å²) >= 11 is 0. The zero-order valence-corrected chi connectivity index (χ0v) is 13.0. The summed E-state index contributed by atoms with van der Waals surface area (Å²) < 4.78 is 26.1. The molecule has 1 N–H and O–H groups in total. The number of sulfonamides is 1. The molecule has 1 aromatic rings. The first-order valence-corrected chi connectivity index (χ1v) is 6.16. The molecule has 3 nitrogen and oxygen atoms in total. The summed E-state index contributed by atoms with van der Waals surface area (Å²) in [6.45, 7) is 9.00. The van der Waals surface area contributed by atoms with Crippen LogP contribution in [0.3, 0.4) is 0 Å². The van der Waals surface area contributed by atoms with Gasteiger partial charge in [-0.3, -0.25) is 0 Å². The van der Waals surface area contributed by atoms with Gasteiger partial charge in [0, 0.05) is 32.7 Å². The van der Waals surface area contributed by atoms with Crippen LogP contribution in [0.15, 0.2) is 29.2 Å². The zero-order chi connectivity index (χ0) is 11.5. The summed E-state index contributed by atoms with van der Waals surface area (Å²) in [4.78, 5) is 0.298. The van der Waals surface area contributed by atoms with Crippen molar-refractivity contribution in [2.24, 2.45) is 0 Å². The fourth-order valence-corrected chi connectivity index (χ4v) is 2.63. The molecule has 16 heavy (non-hydrogen) atoms. The molecular formula is C11H15NO2SY-2. The third-order valence-corrected chi connectivity index (χ3v) is 3.73. The Morgan fingerprint density at radius 3 is 2.44 bits per heavy atom. The van der Waals surface area contributed by atoms with Crippen LogP contribution in [0.5, 0.6) is 0 Å². The van der Waals surface area contributed by atoms with Crippen LogP contribution in [0.1, 0.15) is 12.0 Å². The Balaban J connectivity index is 0.00000225. The van der Waals surface area contributed by atoms with Gasteiger partial charge in [-0.25, -0.2) is 13.1 Å². The van der Waals surface area contributed by atoms with E-state index in [2.05, 4.69) is 18.6 Å². The molecular weight excluding hydrogens is 299 g/mol. The van der Waals surface area contributed by atoms with E-state index >= 15 is 0 Å². The van der Waals surface area contributed by atoms with E-state index in [-0.39, 0.29) is 32.7 Å². The average molecular weight is 314 g/mol. The molecule has 1 aromatic carbocycles. The number of nitrogens with one attached hydrogen (secondary N) is 1. The van der Waals surface area contributed by atoms with Gasteiger partial charge in [0.05, 0.1) is 4.90 Å². The Morgan fingerprint density at radius 1 is 1.38 bits per heavy atom. The van der Waals surface area contributed by atoms with Crippen LogP contribution < -0.4 is 4.72 Å². The first-order chi connectivity index (χ1) is 6.97. The predicted molar refractivity (Wildman–Crippen MR) is 60.6 cm³/mol. The van der Waals surface area contributed by atoms with Crippen LogP contribution in [0.2, 0.25) is 0 Å². The van der Waals surface area contributed by atoms with E-state index in [4.69, 9.17) is 0 Å². The second kappa shape index (κ2) is 6.85. The van der Waals surface area contributed by atoms with Crippen molar-refractivity contribution >= 4 is 10.0 Å². The van der Waals surface area contributed by atoms with Gasteiger partial charge in [0.15, 0.2) is 0 Å². The van der Waals surface area contributed by atoms with Gasteiger partial charge in [0.25, 0.3) is 0 Å². The molecule has 1 radical (unpaired) electrons. The average Bonchev–Trinajstić information content (AvgIpc) is 2.17. The molecule has 1 rings (SSSR count). The van der Waals surface area contributed by atoms with Crippen molar-refractivity contribution in [2.75, 3.05) is 0 Å². The Morgan fingerprint density at radius 2 is 1.94 bits per heavy atom. The van der Waals surface area contributed by atoms with Crippen molar-refractivity contribution in [3.63, 3.8) is 0 Å². The Labute approximate surface area is 123 Å². The second-order valence-corrected chi connectivity index (χ2v) is 5.05. The monoisotopic (exact) mass is 314 g/mol. The van der Waals surface area contributed by atoms with Gasteiger partial charge in [-0.05, 0) is 18.6 Å². The Bertz CT molecular complexity index is 431. The molecule has 0 saturated carbocycles. The van der Waals surface area contributed by atoms with E-state index in [1.54, 1.807) is 31.2 Å². The minimum absolute atomic E-state index is 0. The summed E-state index contributed by atoms with van der Waals surface area (Å²) in [6.07, 6.45) is 0.422. The molecule has 0 amide bonds. The van der Waals surface area contributed by atoms with Crippen LogP contribution in [0.25, 0.3) is 0 Å². The zero-order valence-electron chi connectivity index (χ0n) is 9.31. The first-order valence-electron chi connectivity index (χ1n) is 4.67. The minimum atomic E-state index is -3.45. The summed E-state index contributed by atoms with van der Waals surface area (Å²) in [5.41, 5.74) is 0.723. The summed E-state index contributed by atoms with van der Waals surface area (Å²) in [6, 6.07) is 6.44. The summed E-state index contributed by atoms with van der Waals surface area (Å²) in [5, 5.41) is 0. The van der Waals surface area contributed by atoms with Crippen molar-refractivity contribution in [2.45, 2.75) is 24.3 Å². The predicted octanol–water partition coefficient (Wildman–Crippen LogP) is 1.70. The van der Waals surface area contributed by atoms with E-state index < -0.39 is 16.1 Å². The van der Waals surface area contributed by atoms with Crippen LogP contribution in [-0.2, 0) is 42.7 Å². The molecule has 0 aliphatic rings. The molecule has 0 heterocycles. The maximum atomic E-state index is 11.8. The van der Waals surface area contributed by atoms with E-state index in [0.717, 1.165) is 5.56 Å². The molecule has 87 valence electrons. The summed E-state index contributed by atoms with van der Waals surface area (Å²) in [5.74, 6) is 0. The second-order valence-electron chi connectivity index (χ2n) is 3.37. The summed E-state index contributed by atoms with van der Waals surface area (Å²) in [7, 11) is -3.45. The quantitative estimate of drug-likeness (QED) is 0.860. The largest absolute Gasteiger partial charge is 0.344 e. The van der Waals surface area contributed by atoms with Gasteiger partial charge >= 0.3 is 0 Å². The Hall–Kier alpha value is 0.234. The molecule has 1 atom stereocenters. The van der Waals surface area contributed by atoms with Crippen molar-refractivity contribution in [1.29, 1.82) is 0 Å². The standard InChI is InChI=1S/C11H15NO2S.Y/c1-4-10(3)12-15(13,14)11-8-6-5-7-9(11)2;/h5-8,10,12H,1,3-4H2,2H3;/q-2;. The molecule has 0 aliphatic carbocycles. The van der Waals surface area contributed by atoms with Gasteiger partial charge in [-0.15, -0.1) is 6.04 Å². The third-order valence-electron chi connectivity index (χ3n) is 2.05. The maximum Gasteiger partial charge on any atom is 0.238 e. The van der Waals surface area contributed by atoms with Gasteiger partial charge in [-0.2, -0.15) is 6.42 Å². The number of benzene rings is 1.